The molecule has 0 N–H and O–H groups in total. The van der Waals surface area contributed by atoms with Crippen LogP contribution in [0.25, 0.3) is 0 Å². The van der Waals surface area contributed by atoms with E-state index in [9.17, 15) is 47.9 Å². The van der Waals surface area contributed by atoms with Crippen LogP contribution in [0.3, 0.4) is 0 Å². The number of Topliss-reactive ketones (excluding diaryl/α,β-unsaturated/α-hetero) is 10. The van der Waals surface area contributed by atoms with Gasteiger partial charge in [-0.25, -0.2) is 0 Å². The molecule has 43 heavy (non-hydrogen) atoms. The van der Waals surface area contributed by atoms with Crippen LogP contribution in [0.5, 0.6) is 0 Å². The Bertz CT molecular complexity index is 489. The highest BCUT2D eigenvalue weighted by atomic mass is 35.5. The Morgan fingerprint density at radius 1 is 0.233 bits per heavy atom. The molecule has 12 heteroatoms. The zero-order valence-electron chi connectivity index (χ0n) is 30.5. The zero-order valence-corrected chi connectivity index (χ0v) is 32.1. The van der Waals surface area contributed by atoms with Crippen molar-refractivity contribution in [2.75, 3.05) is 5.34 Å². The molecule has 0 aliphatic rings. The van der Waals surface area contributed by atoms with Gasteiger partial charge in [0.1, 0.15) is 57.8 Å². The number of carbonyl (C=O) groups excluding carboxylic acids is 10. The van der Waals surface area contributed by atoms with Gasteiger partial charge >= 0.3 is 0 Å². The fourth-order valence-corrected chi connectivity index (χ4v) is 0. The van der Waals surface area contributed by atoms with E-state index in [-0.39, 0.29) is 63.2 Å². The second-order valence-corrected chi connectivity index (χ2v) is 9.99. The number of alkyl halides is 2. The molecule has 0 aromatic carbocycles. The van der Waals surface area contributed by atoms with Crippen molar-refractivity contribution in [2.45, 2.75) is 138 Å². The lowest BCUT2D eigenvalue weighted by Crippen LogP contribution is -1.69. The number of hydrogen-bond donors (Lipinski definition) is 0. The molecule has 0 fully saturated rings. The number of ketones is 10. The van der Waals surface area contributed by atoms with E-state index >= 15 is 0 Å². The predicted molar refractivity (Wildman–Crippen MR) is 180 cm³/mol. The third kappa shape index (κ3) is 7380. The van der Waals surface area contributed by atoms with E-state index in [2.05, 4.69) is 0 Å². The molecule has 0 rings (SSSR count). The van der Waals surface area contributed by atoms with E-state index < -0.39 is 0 Å². The van der Waals surface area contributed by atoms with Crippen LogP contribution in [0.4, 0.5) is 0 Å². The van der Waals surface area contributed by atoms with Crippen molar-refractivity contribution in [1.29, 1.82) is 0 Å². The van der Waals surface area contributed by atoms with Crippen molar-refractivity contribution in [2.24, 2.45) is 0 Å². The number of carbonyl (C=O) groups is 10. The minimum absolute atomic E-state index is 0.167. The van der Waals surface area contributed by atoms with Crippen molar-refractivity contribution in [3.05, 3.63) is 0 Å². The van der Waals surface area contributed by atoms with Crippen LogP contribution < -0.4 is 0 Å². The average molecular weight is 666 g/mol. The highest BCUT2D eigenvalue weighted by Gasteiger charge is 1.65. The van der Waals surface area contributed by atoms with E-state index in [0.717, 1.165) is 0 Å². The summed E-state index contributed by atoms with van der Waals surface area (Å²) in [6.45, 7) is 30.6. The third-order valence-corrected chi connectivity index (χ3v) is 0. The molecule has 10 nitrogen and oxygen atoms in total. The number of rotatable bonds is 0. The van der Waals surface area contributed by atoms with Gasteiger partial charge in [0, 0.05) is 0 Å². The van der Waals surface area contributed by atoms with Crippen molar-refractivity contribution < 1.29 is 47.9 Å². The molecule has 0 bridgehead atoms. The molecule has 0 aliphatic heterocycles. The highest BCUT2D eigenvalue weighted by Crippen LogP contribution is 1.73. The molecule has 0 aromatic rings. The van der Waals surface area contributed by atoms with Crippen LogP contribution in [-0.2, 0) is 47.9 Å². The molecule has 0 saturated heterocycles. The predicted octanol–water partition coefficient (Wildman–Crippen LogP) is 7.37. The summed E-state index contributed by atoms with van der Waals surface area (Å²) in [5, 5.41) is 0.194. The van der Waals surface area contributed by atoms with Gasteiger partial charge in [0.25, 0.3) is 0 Å². The summed E-state index contributed by atoms with van der Waals surface area (Å²) >= 11 is 9.53. The summed E-state index contributed by atoms with van der Waals surface area (Å²) in [5.41, 5.74) is 0. The summed E-state index contributed by atoms with van der Waals surface area (Å²) in [7, 11) is 0. The minimum Gasteiger partial charge on any atom is -0.300 e. The van der Waals surface area contributed by atoms with Gasteiger partial charge < -0.3 is 47.9 Å². The van der Waals surface area contributed by atoms with Crippen LogP contribution in [0, 0.1) is 0 Å². The molecule has 0 radical (unpaired) electrons. The first-order chi connectivity index (χ1) is 18.7. The molecule has 0 spiro atoms. The lowest BCUT2D eigenvalue weighted by Gasteiger charge is -1.56. The molecule has 0 amide bonds. The minimum atomic E-state index is 0.167. The van der Waals surface area contributed by atoms with Gasteiger partial charge in [-0.3, -0.25) is 0 Å². The molecule has 0 heterocycles. The zero-order chi connectivity index (χ0) is 38.5. The number of halogens is 2. The van der Waals surface area contributed by atoms with Gasteiger partial charge in [0.05, 0.1) is 5.34 Å². The summed E-state index contributed by atoms with van der Waals surface area (Å²) in [6, 6.07) is 0. The molecule has 0 saturated carbocycles. The summed E-state index contributed by atoms with van der Waals surface area (Å²) in [6.07, 6.45) is 0. The fourth-order valence-electron chi connectivity index (χ4n) is 0. The van der Waals surface area contributed by atoms with Crippen LogP contribution in [0.2, 0.25) is 0 Å². The molecular weight excluding hydrogens is 603 g/mol. The van der Waals surface area contributed by atoms with Gasteiger partial charge in [-0.2, -0.15) is 0 Å². The second-order valence-electron chi connectivity index (χ2n) is 9.18. The average Bonchev–Trinajstić information content (AvgIpc) is 2.56. The van der Waals surface area contributed by atoms with Crippen molar-refractivity contribution in [3.63, 3.8) is 0 Å². The molecule has 0 aliphatic carbocycles. The largest absolute Gasteiger partial charge is 0.300 e. The van der Waals surface area contributed by atoms with E-state index in [1.54, 1.807) is 0 Å². The standard InChI is InChI=1S/10C3H6O.CH2Cl2/c10*1-3(2)4;2-1-3/h10*1-2H3;1H2. The summed E-state index contributed by atoms with van der Waals surface area (Å²) < 4.78 is 0. The molecular formula is C31H62Cl2O10. The molecule has 0 aromatic heterocycles. The maximum absolute atomic E-state index is 9.44. The topological polar surface area (TPSA) is 171 Å². The Labute approximate surface area is 272 Å². The van der Waals surface area contributed by atoms with Gasteiger partial charge in [-0.15, -0.1) is 23.2 Å². The second kappa shape index (κ2) is 72.0. The van der Waals surface area contributed by atoms with Gasteiger partial charge in [0.15, 0.2) is 0 Å². The highest BCUT2D eigenvalue weighted by molar-refractivity contribution is 6.40. The summed E-state index contributed by atoms with van der Waals surface area (Å²) in [4.78, 5) is 94.4. The third-order valence-electron chi connectivity index (χ3n) is 0. The van der Waals surface area contributed by atoms with Crippen molar-refractivity contribution in [3.8, 4) is 0 Å². The summed E-state index contributed by atoms with van der Waals surface area (Å²) in [5.74, 6) is 1.67. The normalized spacial score (nSPS) is 6.47. The molecule has 0 atom stereocenters. The Hall–Kier alpha value is -2.72. The van der Waals surface area contributed by atoms with Crippen molar-refractivity contribution in [1.82, 2.24) is 0 Å². The monoisotopic (exact) mass is 664 g/mol. The van der Waals surface area contributed by atoms with E-state index in [1.165, 1.54) is 138 Å². The number of hydrogen-bond acceptors (Lipinski definition) is 10. The van der Waals surface area contributed by atoms with E-state index in [0.29, 0.717) is 0 Å². The van der Waals surface area contributed by atoms with E-state index in [4.69, 9.17) is 23.2 Å². The first kappa shape index (κ1) is 72.5. The SMILES string of the molecule is CC(C)=O.CC(C)=O.CC(C)=O.CC(C)=O.CC(C)=O.CC(C)=O.CC(C)=O.CC(C)=O.CC(C)=O.CC(C)=O.ClCCl. The Morgan fingerprint density at radius 2 is 0.233 bits per heavy atom. The van der Waals surface area contributed by atoms with Crippen LogP contribution >= 0.6 is 23.2 Å². The Kier molecular flexibility index (Phi) is 121. The molecule has 0 unspecified atom stereocenters. The maximum atomic E-state index is 9.44. The lowest BCUT2D eigenvalue weighted by molar-refractivity contribution is -0.115. The fraction of sp³-hybridized carbons (Fsp3) is 0.677. The lowest BCUT2D eigenvalue weighted by atomic mass is 10.6. The van der Waals surface area contributed by atoms with Crippen molar-refractivity contribution >= 4 is 81.0 Å². The van der Waals surface area contributed by atoms with Crippen LogP contribution in [0.15, 0.2) is 0 Å². The van der Waals surface area contributed by atoms with Gasteiger partial charge in [-0.1, -0.05) is 0 Å². The van der Waals surface area contributed by atoms with Crippen LogP contribution in [0.1, 0.15) is 138 Å². The van der Waals surface area contributed by atoms with Gasteiger partial charge in [-0.05, 0) is 138 Å². The molecule has 260 valence electrons. The Morgan fingerprint density at radius 3 is 0.233 bits per heavy atom. The first-order valence-corrected chi connectivity index (χ1v) is 13.6. The van der Waals surface area contributed by atoms with Gasteiger partial charge in [0.2, 0.25) is 0 Å². The van der Waals surface area contributed by atoms with Crippen LogP contribution in [-0.4, -0.2) is 63.2 Å². The maximum Gasteiger partial charge on any atom is 0.126 e. The smallest absolute Gasteiger partial charge is 0.126 e. The quantitative estimate of drug-likeness (QED) is 0.238. The first-order valence-electron chi connectivity index (χ1n) is 12.6. The Balaban J connectivity index is -0.0000000291. The van der Waals surface area contributed by atoms with E-state index in [1.807, 2.05) is 0 Å².